The summed E-state index contributed by atoms with van der Waals surface area (Å²) in [6.45, 7) is 1.47. The van der Waals surface area contributed by atoms with Crippen molar-refractivity contribution in [2.45, 2.75) is 30.8 Å². The van der Waals surface area contributed by atoms with Crippen LogP contribution in [0.3, 0.4) is 0 Å². The van der Waals surface area contributed by atoms with Crippen molar-refractivity contribution in [1.82, 2.24) is 9.44 Å². The summed E-state index contributed by atoms with van der Waals surface area (Å²) in [5.41, 5.74) is 0.241. The zero-order valence-electron chi connectivity index (χ0n) is 16.6. The minimum Gasteiger partial charge on any atom is -0.468 e. The predicted octanol–water partition coefficient (Wildman–Crippen LogP) is 1.76. The van der Waals surface area contributed by atoms with E-state index in [1.54, 1.807) is 12.1 Å². The summed E-state index contributed by atoms with van der Waals surface area (Å²) in [6.07, 6.45) is 3.60. The van der Waals surface area contributed by atoms with Gasteiger partial charge in [-0.15, -0.1) is 0 Å². The third-order valence-corrected chi connectivity index (χ3v) is 7.50. The molecule has 0 saturated carbocycles. The summed E-state index contributed by atoms with van der Waals surface area (Å²) in [4.78, 5) is 12.6. The molecule has 2 rings (SSSR count). The monoisotopic (exact) mass is 475 g/mol. The molecule has 12 heteroatoms. The van der Waals surface area contributed by atoms with Gasteiger partial charge < -0.3 is 9.73 Å². The van der Waals surface area contributed by atoms with Crippen LogP contribution in [0.1, 0.15) is 19.1 Å². The van der Waals surface area contributed by atoms with Crippen LogP contribution >= 0.6 is 11.8 Å². The number of hydrogen-bond donors (Lipinski definition) is 3. The predicted molar refractivity (Wildman–Crippen MR) is 117 cm³/mol. The molecule has 30 heavy (non-hydrogen) atoms. The summed E-state index contributed by atoms with van der Waals surface area (Å²) >= 11 is 1.49. The van der Waals surface area contributed by atoms with Gasteiger partial charge in [-0.05, 0) is 55.7 Å². The van der Waals surface area contributed by atoms with Crippen molar-refractivity contribution in [3.63, 3.8) is 0 Å². The van der Waals surface area contributed by atoms with Crippen LogP contribution in [-0.4, -0.2) is 46.5 Å². The summed E-state index contributed by atoms with van der Waals surface area (Å²) in [5.74, 6) is 0.336. The summed E-state index contributed by atoms with van der Waals surface area (Å²) in [5, 5.41) is 2.59. The Kier molecular flexibility index (Phi) is 8.92. The lowest BCUT2D eigenvalue weighted by atomic mass is 10.2. The fourth-order valence-corrected chi connectivity index (χ4v) is 4.75. The maximum atomic E-state index is 12.6. The molecule has 2 aromatic rings. The zero-order valence-corrected chi connectivity index (χ0v) is 19.1. The number of carbonyl (C=O) groups is 1. The molecular formula is C18H25N3O6S3. The molecule has 0 radical (unpaired) electrons. The van der Waals surface area contributed by atoms with Crippen molar-refractivity contribution in [3.05, 3.63) is 48.4 Å². The van der Waals surface area contributed by atoms with Gasteiger partial charge in [0.15, 0.2) is 0 Å². The van der Waals surface area contributed by atoms with E-state index in [0.717, 1.165) is 0 Å². The lowest BCUT2D eigenvalue weighted by Gasteiger charge is -2.18. The minimum absolute atomic E-state index is 0.0124. The number of amides is 1. The number of furan rings is 1. The lowest BCUT2D eigenvalue weighted by molar-refractivity contribution is -0.117. The van der Waals surface area contributed by atoms with E-state index >= 15 is 0 Å². The van der Waals surface area contributed by atoms with Gasteiger partial charge in [0.25, 0.3) is 0 Å². The first-order valence-corrected chi connectivity index (χ1v) is 13.6. The summed E-state index contributed by atoms with van der Waals surface area (Å²) in [6, 6.07) is 8.06. The Morgan fingerprint density at radius 2 is 1.93 bits per heavy atom. The molecule has 0 aliphatic carbocycles. The zero-order chi connectivity index (χ0) is 22.2. The fraction of sp³-hybridized carbons (Fsp3) is 0.389. The van der Waals surface area contributed by atoms with Crippen molar-refractivity contribution in [1.29, 1.82) is 0 Å². The molecule has 0 bridgehead atoms. The van der Waals surface area contributed by atoms with Gasteiger partial charge in [-0.25, -0.2) is 26.3 Å². The van der Waals surface area contributed by atoms with E-state index in [4.69, 9.17) is 4.42 Å². The van der Waals surface area contributed by atoms with Crippen LogP contribution in [0.5, 0.6) is 0 Å². The number of rotatable bonds is 12. The van der Waals surface area contributed by atoms with Crippen molar-refractivity contribution >= 4 is 43.4 Å². The molecule has 1 heterocycles. The number of carbonyl (C=O) groups excluding carboxylic acids is 1. The highest BCUT2D eigenvalue weighted by atomic mass is 32.2. The molecule has 0 spiro atoms. The third-order valence-electron chi connectivity index (χ3n) is 4.06. The molecule has 0 saturated heterocycles. The second-order valence-corrected chi connectivity index (χ2v) is 11.1. The van der Waals surface area contributed by atoms with E-state index in [-0.39, 0.29) is 22.9 Å². The molecule has 9 nitrogen and oxygen atoms in total. The largest absolute Gasteiger partial charge is 0.468 e. The SMILES string of the molecule is CCS(=O)(=O)NC(CCSC)C(=O)Nc1cccc(S(=O)(=O)NCc2ccco2)c1. The number of sulfonamides is 2. The average Bonchev–Trinajstić information content (AvgIpc) is 3.23. The van der Waals surface area contributed by atoms with E-state index < -0.39 is 32.0 Å². The van der Waals surface area contributed by atoms with E-state index in [2.05, 4.69) is 14.8 Å². The molecule has 1 atom stereocenters. The smallest absolute Gasteiger partial charge is 0.242 e. The van der Waals surface area contributed by atoms with E-state index in [1.807, 2.05) is 6.26 Å². The molecule has 1 aromatic carbocycles. The van der Waals surface area contributed by atoms with Gasteiger partial charge in [-0.3, -0.25) is 4.79 Å². The Morgan fingerprint density at radius 1 is 1.17 bits per heavy atom. The number of thioether (sulfide) groups is 1. The van der Waals surface area contributed by atoms with Gasteiger partial charge in [0, 0.05) is 5.69 Å². The van der Waals surface area contributed by atoms with Crippen molar-refractivity contribution in [3.8, 4) is 0 Å². The molecule has 1 unspecified atom stereocenters. The van der Waals surface area contributed by atoms with Gasteiger partial charge in [0.1, 0.15) is 11.8 Å². The van der Waals surface area contributed by atoms with Gasteiger partial charge in [0.2, 0.25) is 26.0 Å². The topological polar surface area (TPSA) is 135 Å². The second-order valence-electron chi connectivity index (χ2n) is 6.28. The standard InChI is InChI=1S/C18H25N3O6S3/c1-3-29(23,24)21-17(9-11-28-2)18(22)20-14-6-4-8-16(12-14)30(25,26)19-13-15-7-5-10-27-15/h4-8,10,12,17,19,21H,3,9,11,13H2,1-2H3,(H,20,22). The van der Waals surface area contributed by atoms with Crippen LogP contribution in [0, 0.1) is 0 Å². The Hall–Kier alpha value is -1.86. The molecular weight excluding hydrogens is 450 g/mol. The lowest BCUT2D eigenvalue weighted by Crippen LogP contribution is -2.44. The van der Waals surface area contributed by atoms with Gasteiger partial charge in [0.05, 0.1) is 23.5 Å². The van der Waals surface area contributed by atoms with E-state index in [1.165, 1.54) is 49.2 Å². The first kappa shape index (κ1) is 24.4. The molecule has 3 N–H and O–H groups in total. The molecule has 166 valence electrons. The van der Waals surface area contributed by atoms with Crippen molar-refractivity contribution < 1.29 is 26.0 Å². The van der Waals surface area contributed by atoms with Crippen molar-refractivity contribution in [2.24, 2.45) is 0 Å². The van der Waals surface area contributed by atoms with Crippen LogP contribution in [0.25, 0.3) is 0 Å². The molecule has 0 fully saturated rings. The maximum Gasteiger partial charge on any atom is 0.242 e. The second kappa shape index (κ2) is 11.0. The maximum absolute atomic E-state index is 12.6. The van der Waals surface area contributed by atoms with E-state index in [0.29, 0.717) is 17.9 Å². The number of benzene rings is 1. The normalized spacial score (nSPS) is 13.1. The molecule has 1 aromatic heterocycles. The minimum atomic E-state index is -3.84. The first-order valence-electron chi connectivity index (χ1n) is 9.09. The Morgan fingerprint density at radius 3 is 2.57 bits per heavy atom. The van der Waals surface area contributed by atoms with Crippen LogP contribution in [-0.2, 0) is 31.4 Å². The van der Waals surface area contributed by atoms with Gasteiger partial charge in [-0.1, -0.05) is 6.07 Å². The first-order chi connectivity index (χ1) is 14.2. The third kappa shape index (κ3) is 7.43. The van der Waals surface area contributed by atoms with Gasteiger partial charge >= 0.3 is 0 Å². The summed E-state index contributed by atoms with van der Waals surface area (Å²) in [7, 11) is -7.42. The van der Waals surface area contributed by atoms with Crippen molar-refractivity contribution in [2.75, 3.05) is 23.1 Å². The quantitative estimate of drug-likeness (QED) is 0.426. The van der Waals surface area contributed by atoms with Crippen LogP contribution < -0.4 is 14.8 Å². The Bertz CT molecular complexity index is 1040. The summed E-state index contributed by atoms with van der Waals surface area (Å²) < 4.78 is 58.7. The Labute approximate surface area is 181 Å². The average molecular weight is 476 g/mol. The highest BCUT2D eigenvalue weighted by molar-refractivity contribution is 7.98. The number of nitrogens with one attached hydrogen (secondary N) is 3. The highest BCUT2D eigenvalue weighted by Crippen LogP contribution is 2.17. The highest BCUT2D eigenvalue weighted by Gasteiger charge is 2.24. The van der Waals surface area contributed by atoms with Crippen LogP contribution in [0.4, 0.5) is 5.69 Å². The van der Waals surface area contributed by atoms with Crippen LogP contribution in [0.2, 0.25) is 0 Å². The van der Waals surface area contributed by atoms with E-state index in [9.17, 15) is 21.6 Å². The molecule has 0 aliphatic rings. The molecule has 0 aliphatic heterocycles. The number of anilines is 1. The Balaban J connectivity index is 2.12. The number of hydrogen-bond acceptors (Lipinski definition) is 7. The fourth-order valence-electron chi connectivity index (χ4n) is 2.41. The van der Waals surface area contributed by atoms with Crippen LogP contribution in [0.15, 0.2) is 52.0 Å². The van der Waals surface area contributed by atoms with Gasteiger partial charge in [-0.2, -0.15) is 11.8 Å². The molecule has 1 amide bonds.